The van der Waals surface area contributed by atoms with Crippen molar-refractivity contribution in [3.05, 3.63) is 28.8 Å². The molecule has 8 nitrogen and oxygen atoms in total. The normalized spacial score (nSPS) is 14.6. The van der Waals surface area contributed by atoms with Crippen molar-refractivity contribution in [2.45, 2.75) is 13.0 Å². The van der Waals surface area contributed by atoms with Crippen LogP contribution in [0.25, 0.3) is 0 Å². The summed E-state index contributed by atoms with van der Waals surface area (Å²) in [6, 6.07) is 5.59. The second kappa shape index (κ2) is 14.7. The topological polar surface area (TPSA) is 78.4 Å². The molecular formula is C20H33ClIN5O3. The number of hydrogen-bond donors (Lipinski definition) is 2. The minimum absolute atomic E-state index is 0. The van der Waals surface area contributed by atoms with Gasteiger partial charge in [0.25, 0.3) is 0 Å². The third kappa shape index (κ3) is 9.67. The number of morpholine rings is 1. The molecule has 1 heterocycles. The van der Waals surface area contributed by atoms with Crippen LogP contribution in [0.2, 0.25) is 5.02 Å². The average molecular weight is 554 g/mol. The van der Waals surface area contributed by atoms with E-state index < -0.39 is 0 Å². The van der Waals surface area contributed by atoms with Gasteiger partial charge in [-0.3, -0.25) is 9.69 Å². The number of nitrogens with one attached hydrogen (secondary N) is 2. The maximum absolute atomic E-state index is 11.9. The molecule has 0 bridgehead atoms. The van der Waals surface area contributed by atoms with Gasteiger partial charge in [-0.15, -0.1) is 24.0 Å². The molecule has 30 heavy (non-hydrogen) atoms. The minimum atomic E-state index is -0.0136. The summed E-state index contributed by atoms with van der Waals surface area (Å²) in [6.07, 6.45) is 0.983. The zero-order chi connectivity index (χ0) is 21.1. The molecule has 170 valence electrons. The Morgan fingerprint density at radius 3 is 2.67 bits per heavy atom. The molecule has 1 aromatic carbocycles. The maximum Gasteiger partial charge on any atom is 0.241 e. The first kappa shape index (κ1) is 26.7. The standard InChI is InChI=1S/C20H32ClN5O3.HI/c1-25(2)19(27)15-24-20(22-7-4-8-26-9-11-29-12-10-26)23-14-16-5-6-18(28-3)17(21)13-16;/h5-6,13H,4,7-12,14-15H2,1-3H3,(H2,22,23,24);1H. The molecular weight excluding hydrogens is 521 g/mol. The van der Waals surface area contributed by atoms with Gasteiger partial charge < -0.3 is 25.0 Å². The van der Waals surface area contributed by atoms with Crippen LogP contribution in [-0.4, -0.2) is 88.8 Å². The van der Waals surface area contributed by atoms with E-state index in [1.807, 2.05) is 18.2 Å². The molecule has 0 spiro atoms. The third-order valence-electron chi connectivity index (χ3n) is 4.59. The Labute approximate surface area is 201 Å². The lowest BCUT2D eigenvalue weighted by atomic mass is 10.2. The first-order valence-electron chi connectivity index (χ1n) is 9.84. The van der Waals surface area contributed by atoms with Gasteiger partial charge in [-0.05, 0) is 30.7 Å². The van der Waals surface area contributed by atoms with Gasteiger partial charge in [-0.1, -0.05) is 17.7 Å². The molecule has 1 aliphatic heterocycles. The molecule has 0 atom stereocenters. The van der Waals surface area contributed by atoms with Crippen LogP contribution in [0.3, 0.4) is 0 Å². The van der Waals surface area contributed by atoms with Gasteiger partial charge in [0.15, 0.2) is 5.96 Å². The van der Waals surface area contributed by atoms with E-state index in [-0.39, 0.29) is 36.4 Å². The summed E-state index contributed by atoms with van der Waals surface area (Å²) in [5.74, 6) is 1.23. The number of carbonyl (C=O) groups excluding carboxylic acids is 1. The Bertz CT molecular complexity index is 684. The number of nitrogens with zero attached hydrogens (tertiary/aromatic N) is 3. The van der Waals surface area contributed by atoms with Crippen LogP contribution < -0.4 is 15.4 Å². The van der Waals surface area contributed by atoms with Crippen LogP contribution in [0.5, 0.6) is 5.75 Å². The first-order chi connectivity index (χ1) is 14.0. The number of likely N-dealkylation sites (N-methyl/N-ethyl adjacent to an activating group) is 1. The van der Waals surface area contributed by atoms with Gasteiger partial charge in [0.2, 0.25) is 5.91 Å². The van der Waals surface area contributed by atoms with Gasteiger partial charge in [-0.25, -0.2) is 4.99 Å². The lowest BCUT2D eigenvalue weighted by Gasteiger charge is -2.26. The van der Waals surface area contributed by atoms with Crippen LogP contribution in [-0.2, 0) is 16.1 Å². The molecule has 2 rings (SSSR count). The van der Waals surface area contributed by atoms with Crippen LogP contribution in [0.15, 0.2) is 23.2 Å². The summed E-state index contributed by atoms with van der Waals surface area (Å²) < 4.78 is 10.6. The van der Waals surface area contributed by atoms with E-state index in [9.17, 15) is 4.79 Å². The van der Waals surface area contributed by atoms with E-state index in [1.54, 1.807) is 26.1 Å². The molecule has 10 heteroatoms. The molecule has 0 aromatic heterocycles. The van der Waals surface area contributed by atoms with Crippen molar-refractivity contribution >= 4 is 47.4 Å². The lowest BCUT2D eigenvalue weighted by molar-refractivity contribution is -0.127. The van der Waals surface area contributed by atoms with Crippen molar-refractivity contribution < 1.29 is 14.3 Å². The lowest BCUT2D eigenvalue weighted by Crippen LogP contribution is -2.44. The molecule has 0 radical (unpaired) electrons. The van der Waals surface area contributed by atoms with E-state index >= 15 is 0 Å². The number of amides is 1. The zero-order valence-electron chi connectivity index (χ0n) is 17.9. The fraction of sp³-hybridized carbons (Fsp3) is 0.600. The number of halogens is 2. The molecule has 1 fully saturated rings. The number of carbonyl (C=O) groups is 1. The Kier molecular flexibility index (Phi) is 13.1. The SMILES string of the molecule is COc1ccc(CN=C(NCCCN2CCOCC2)NCC(=O)N(C)C)cc1Cl.I. The zero-order valence-corrected chi connectivity index (χ0v) is 21.0. The van der Waals surface area contributed by atoms with Crippen molar-refractivity contribution in [2.24, 2.45) is 4.99 Å². The van der Waals surface area contributed by atoms with Crippen molar-refractivity contribution in [3.8, 4) is 5.75 Å². The van der Waals surface area contributed by atoms with E-state index in [4.69, 9.17) is 21.1 Å². The molecule has 1 saturated heterocycles. The Hall–Kier alpha value is -1.30. The predicted molar refractivity (Wildman–Crippen MR) is 131 cm³/mol. The minimum Gasteiger partial charge on any atom is -0.495 e. The quantitative estimate of drug-likeness (QED) is 0.210. The predicted octanol–water partition coefficient (Wildman–Crippen LogP) is 1.81. The summed E-state index contributed by atoms with van der Waals surface area (Å²) in [5, 5.41) is 6.97. The van der Waals surface area contributed by atoms with Crippen molar-refractivity contribution in [1.29, 1.82) is 0 Å². The third-order valence-corrected chi connectivity index (χ3v) is 4.88. The highest BCUT2D eigenvalue weighted by atomic mass is 127. The van der Waals surface area contributed by atoms with Gasteiger partial charge in [0.1, 0.15) is 5.75 Å². The molecule has 0 aliphatic carbocycles. The monoisotopic (exact) mass is 553 g/mol. The second-order valence-corrected chi connectivity index (χ2v) is 7.42. The van der Waals surface area contributed by atoms with E-state index in [0.29, 0.717) is 23.3 Å². The van der Waals surface area contributed by atoms with Gasteiger partial charge in [-0.2, -0.15) is 0 Å². The average Bonchev–Trinajstić information content (AvgIpc) is 2.73. The Balaban J connectivity index is 0.00000450. The second-order valence-electron chi connectivity index (χ2n) is 7.01. The number of rotatable bonds is 9. The number of ether oxygens (including phenoxy) is 2. The number of benzene rings is 1. The fourth-order valence-corrected chi connectivity index (χ4v) is 3.08. The van der Waals surface area contributed by atoms with Gasteiger partial charge >= 0.3 is 0 Å². The van der Waals surface area contributed by atoms with Crippen molar-refractivity contribution in [2.75, 3.05) is 67.1 Å². The number of guanidine groups is 1. The highest BCUT2D eigenvalue weighted by molar-refractivity contribution is 14.0. The van der Waals surface area contributed by atoms with Crippen molar-refractivity contribution in [3.63, 3.8) is 0 Å². The molecule has 1 amide bonds. The number of methoxy groups -OCH3 is 1. The van der Waals surface area contributed by atoms with Crippen molar-refractivity contribution in [1.82, 2.24) is 20.4 Å². The summed E-state index contributed by atoms with van der Waals surface area (Å²) in [6.45, 7) is 5.97. The first-order valence-corrected chi connectivity index (χ1v) is 10.2. The molecule has 0 unspecified atom stereocenters. The van der Waals surface area contributed by atoms with Gasteiger partial charge in [0, 0.05) is 33.7 Å². The highest BCUT2D eigenvalue weighted by Crippen LogP contribution is 2.25. The van der Waals surface area contributed by atoms with Gasteiger partial charge in [0.05, 0.1) is 38.4 Å². The number of hydrogen-bond acceptors (Lipinski definition) is 5. The summed E-state index contributed by atoms with van der Waals surface area (Å²) in [7, 11) is 5.05. The molecule has 1 aliphatic rings. The van der Waals surface area contributed by atoms with Crippen LogP contribution in [0, 0.1) is 0 Å². The molecule has 2 N–H and O–H groups in total. The number of aliphatic imine (C=N–C) groups is 1. The summed E-state index contributed by atoms with van der Waals surface area (Å²) in [4.78, 5) is 20.4. The molecule has 0 saturated carbocycles. The van der Waals surface area contributed by atoms with Crippen LogP contribution >= 0.6 is 35.6 Å². The van der Waals surface area contributed by atoms with Crippen LogP contribution in [0.4, 0.5) is 0 Å². The summed E-state index contributed by atoms with van der Waals surface area (Å²) >= 11 is 6.19. The molecule has 1 aromatic rings. The largest absolute Gasteiger partial charge is 0.495 e. The van der Waals surface area contributed by atoms with E-state index in [1.165, 1.54) is 0 Å². The maximum atomic E-state index is 11.9. The van der Waals surface area contributed by atoms with Crippen LogP contribution in [0.1, 0.15) is 12.0 Å². The van der Waals surface area contributed by atoms with E-state index in [2.05, 4.69) is 20.5 Å². The fourth-order valence-electron chi connectivity index (χ4n) is 2.80. The highest BCUT2D eigenvalue weighted by Gasteiger charge is 2.10. The van der Waals surface area contributed by atoms with E-state index in [0.717, 1.165) is 51.4 Å². The Morgan fingerprint density at radius 1 is 1.30 bits per heavy atom. The smallest absolute Gasteiger partial charge is 0.241 e. The summed E-state index contributed by atoms with van der Waals surface area (Å²) in [5.41, 5.74) is 0.962. The Morgan fingerprint density at radius 2 is 2.03 bits per heavy atom.